The number of piperidine rings is 1. The van der Waals surface area contributed by atoms with Crippen molar-refractivity contribution in [2.75, 3.05) is 25.5 Å². The molecule has 1 aliphatic heterocycles. The Morgan fingerprint density at radius 3 is 2.45 bits per heavy atom. The second-order valence-corrected chi connectivity index (χ2v) is 11.8. The number of rotatable bonds is 7. The highest BCUT2D eigenvalue weighted by molar-refractivity contribution is 6.04. The molecule has 10 heteroatoms. The van der Waals surface area contributed by atoms with E-state index in [0.29, 0.717) is 55.7 Å². The first kappa shape index (κ1) is 29.5. The number of aliphatic hydroxyl groups is 1. The van der Waals surface area contributed by atoms with Crippen LogP contribution in [0.3, 0.4) is 0 Å². The van der Waals surface area contributed by atoms with E-state index in [0.717, 1.165) is 18.4 Å². The normalized spacial score (nSPS) is 20.8. The lowest BCUT2D eigenvalue weighted by Crippen LogP contribution is -2.45. The molecule has 3 unspecified atom stereocenters. The van der Waals surface area contributed by atoms with E-state index < -0.39 is 0 Å². The standard InChI is InChI=1S/C34H37N5O5/c1-44-26-10-7-24(8-11-26)32(41)37-30-14-13-29-31(36-30)34(43)39(21-35-29)20-22-15-17-38(18-16-22)33(42)27-12-9-25(40)19-28(27)23-5-3-2-4-6-23/h2-8,10-11,13-14,21-22,25,27-28,40H,9,12,15-20H2,1H3,(H,36,37,41). The first-order valence-corrected chi connectivity index (χ1v) is 15.2. The van der Waals surface area contributed by atoms with Crippen molar-refractivity contribution < 1.29 is 19.4 Å². The van der Waals surface area contributed by atoms with Crippen LogP contribution in [0.1, 0.15) is 53.9 Å². The highest BCUT2D eigenvalue weighted by atomic mass is 16.5. The van der Waals surface area contributed by atoms with Crippen LogP contribution < -0.4 is 15.6 Å². The number of amides is 2. The summed E-state index contributed by atoms with van der Waals surface area (Å²) in [5.41, 5.74) is 1.94. The SMILES string of the molecule is COc1ccc(C(=O)Nc2ccc3ncn(CC4CCN(C(=O)C5CCC(O)CC5c5ccccc5)CC4)c(=O)c3n2)cc1. The molecule has 228 valence electrons. The second-order valence-electron chi connectivity index (χ2n) is 11.8. The molecule has 2 N–H and O–H groups in total. The largest absolute Gasteiger partial charge is 0.497 e. The number of likely N-dealkylation sites (tertiary alicyclic amines) is 1. The first-order chi connectivity index (χ1) is 21.4. The van der Waals surface area contributed by atoms with E-state index >= 15 is 0 Å². The second kappa shape index (κ2) is 13.0. The number of hydrogen-bond donors (Lipinski definition) is 2. The Balaban J connectivity index is 1.10. The summed E-state index contributed by atoms with van der Waals surface area (Å²) in [6.45, 7) is 1.76. The van der Waals surface area contributed by atoms with Crippen molar-refractivity contribution in [1.29, 1.82) is 0 Å². The lowest BCUT2D eigenvalue weighted by atomic mass is 9.73. The molecule has 2 aliphatic rings. The molecule has 2 amide bonds. The number of pyridine rings is 1. The highest BCUT2D eigenvalue weighted by Gasteiger charge is 2.38. The number of aliphatic hydroxyl groups excluding tert-OH is 1. The molecule has 10 nitrogen and oxygen atoms in total. The number of nitrogens with zero attached hydrogens (tertiary/aromatic N) is 4. The molecule has 1 saturated heterocycles. The van der Waals surface area contributed by atoms with Crippen LogP contribution in [0.15, 0.2) is 77.9 Å². The number of hydrogen-bond acceptors (Lipinski definition) is 7. The summed E-state index contributed by atoms with van der Waals surface area (Å²) in [4.78, 5) is 50.6. The number of aromatic nitrogens is 3. The number of benzene rings is 2. The summed E-state index contributed by atoms with van der Waals surface area (Å²) in [6.07, 6.45) is 4.69. The van der Waals surface area contributed by atoms with E-state index in [1.165, 1.54) is 0 Å². The molecular formula is C34H37N5O5. The summed E-state index contributed by atoms with van der Waals surface area (Å²) in [5, 5.41) is 13.1. The van der Waals surface area contributed by atoms with Crippen LogP contribution in [0.4, 0.5) is 5.82 Å². The third kappa shape index (κ3) is 6.35. The van der Waals surface area contributed by atoms with Gasteiger partial charge in [0.05, 0.1) is 25.1 Å². The molecule has 6 rings (SSSR count). The number of fused-ring (bicyclic) bond motifs is 1. The van der Waals surface area contributed by atoms with Crippen molar-refractivity contribution in [1.82, 2.24) is 19.4 Å². The van der Waals surface area contributed by atoms with Gasteiger partial charge in [-0.1, -0.05) is 30.3 Å². The molecule has 2 aromatic carbocycles. The van der Waals surface area contributed by atoms with Crippen molar-refractivity contribution in [3.8, 4) is 5.75 Å². The molecule has 2 aromatic heterocycles. The predicted molar refractivity (Wildman–Crippen MR) is 167 cm³/mol. The zero-order valence-corrected chi connectivity index (χ0v) is 24.8. The Bertz CT molecular complexity index is 1680. The molecular weight excluding hydrogens is 558 g/mol. The molecule has 1 aliphatic carbocycles. The molecule has 1 saturated carbocycles. The van der Waals surface area contributed by atoms with Gasteiger partial charge in [0, 0.05) is 31.1 Å². The van der Waals surface area contributed by atoms with Gasteiger partial charge in [0.2, 0.25) is 5.91 Å². The average Bonchev–Trinajstić information content (AvgIpc) is 3.06. The van der Waals surface area contributed by atoms with Crippen molar-refractivity contribution in [2.45, 2.75) is 50.7 Å². The van der Waals surface area contributed by atoms with E-state index in [-0.39, 0.29) is 52.6 Å². The number of anilines is 1. The number of methoxy groups -OCH3 is 1. The topological polar surface area (TPSA) is 127 Å². The van der Waals surface area contributed by atoms with Crippen molar-refractivity contribution in [3.05, 3.63) is 94.5 Å². The Labute approximate surface area is 255 Å². The molecule has 3 heterocycles. The number of ether oxygens (including phenoxy) is 1. The Hall–Kier alpha value is -4.57. The summed E-state index contributed by atoms with van der Waals surface area (Å²) in [5.74, 6) is 0.849. The smallest absolute Gasteiger partial charge is 0.279 e. The van der Waals surface area contributed by atoms with Gasteiger partial charge in [-0.2, -0.15) is 0 Å². The number of carbonyl (C=O) groups is 2. The van der Waals surface area contributed by atoms with Gasteiger partial charge in [0.25, 0.3) is 11.5 Å². The first-order valence-electron chi connectivity index (χ1n) is 15.2. The number of carbonyl (C=O) groups excluding carboxylic acids is 2. The highest BCUT2D eigenvalue weighted by Crippen LogP contribution is 2.39. The van der Waals surface area contributed by atoms with Gasteiger partial charge >= 0.3 is 0 Å². The van der Waals surface area contributed by atoms with Gasteiger partial charge in [-0.15, -0.1) is 0 Å². The fourth-order valence-electron chi connectivity index (χ4n) is 6.53. The molecule has 4 aromatic rings. The van der Waals surface area contributed by atoms with Crippen LogP contribution >= 0.6 is 0 Å². The van der Waals surface area contributed by atoms with Gasteiger partial charge in [0.1, 0.15) is 11.6 Å². The molecule has 44 heavy (non-hydrogen) atoms. The average molecular weight is 596 g/mol. The minimum absolute atomic E-state index is 0.0193. The van der Waals surface area contributed by atoms with Crippen molar-refractivity contribution >= 4 is 28.7 Å². The van der Waals surface area contributed by atoms with Crippen LogP contribution in [-0.2, 0) is 11.3 Å². The van der Waals surface area contributed by atoms with Gasteiger partial charge < -0.3 is 20.1 Å². The maximum atomic E-state index is 13.7. The third-order valence-corrected chi connectivity index (χ3v) is 9.02. The van der Waals surface area contributed by atoms with Gasteiger partial charge in [0.15, 0.2) is 5.52 Å². The molecule has 0 bridgehead atoms. The summed E-state index contributed by atoms with van der Waals surface area (Å²) in [7, 11) is 1.56. The Morgan fingerprint density at radius 2 is 1.73 bits per heavy atom. The van der Waals surface area contributed by atoms with Gasteiger partial charge in [-0.05, 0) is 85.9 Å². The molecule has 0 spiro atoms. The van der Waals surface area contributed by atoms with E-state index in [1.807, 2.05) is 23.1 Å². The van der Waals surface area contributed by atoms with Crippen LogP contribution in [0.2, 0.25) is 0 Å². The minimum Gasteiger partial charge on any atom is -0.497 e. The zero-order chi connectivity index (χ0) is 30.6. The Morgan fingerprint density at radius 1 is 0.977 bits per heavy atom. The van der Waals surface area contributed by atoms with E-state index in [4.69, 9.17) is 4.74 Å². The molecule has 2 fully saturated rings. The summed E-state index contributed by atoms with van der Waals surface area (Å²) < 4.78 is 6.73. The lowest BCUT2D eigenvalue weighted by Gasteiger charge is -2.39. The summed E-state index contributed by atoms with van der Waals surface area (Å²) >= 11 is 0. The lowest BCUT2D eigenvalue weighted by molar-refractivity contribution is -0.139. The van der Waals surface area contributed by atoms with E-state index in [1.54, 1.807) is 54.4 Å². The predicted octanol–water partition coefficient (Wildman–Crippen LogP) is 4.24. The quantitative estimate of drug-likeness (QED) is 0.327. The van der Waals surface area contributed by atoms with Gasteiger partial charge in [-0.3, -0.25) is 19.0 Å². The third-order valence-electron chi connectivity index (χ3n) is 9.02. The van der Waals surface area contributed by atoms with Crippen LogP contribution in [0.25, 0.3) is 11.0 Å². The van der Waals surface area contributed by atoms with E-state index in [2.05, 4.69) is 27.4 Å². The van der Waals surface area contributed by atoms with Crippen molar-refractivity contribution in [3.63, 3.8) is 0 Å². The molecule has 0 radical (unpaired) electrons. The fraction of sp³-hybridized carbons (Fsp3) is 0.382. The van der Waals surface area contributed by atoms with Crippen LogP contribution in [0.5, 0.6) is 5.75 Å². The summed E-state index contributed by atoms with van der Waals surface area (Å²) in [6, 6.07) is 20.1. The van der Waals surface area contributed by atoms with Crippen LogP contribution in [0, 0.1) is 11.8 Å². The Kier molecular flexibility index (Phi) is 8.70. The van der Waals surface area contributed by atoms with E-state index in [9.17, 15) is 19.5 Å². The maximum absolute atomic E-state index is 13.7. The zero-order valence-electron chi connectivity index (χ0n) is 24.8. The minimum atomic E-state index is -0.376. The maximum Gasteiger partial charge on any atom is 0.279 e. The van der Waals surface area contributed by atoms with Gasteiger partial charge in [-0.25, -0.2) is 9.97 Å². The number of nitrogens with one attached hydrogen (secondary N) is 1. The van der Waals surface area contributed by atoms with Crippen LogP contribution in [-0.4, -0.2) is 62.7 Å². The molecule has 3 atom stereocenters. The fourth-order valence-corrected chi connectivity index (χ4v) is 6.53. The van der Waals surface area contributed by atoms with Crippen molar-refractivity contribution in [2.24, 2.45) is 11.8 Å². The monoisotopic (exact) mass is 595 g/mol.